The molecule has 1 heterocycles. The molecule has 0 aliphatic heterocycles. The number of halogens is 4. The fourth-order valence-electron chi connectivity index (χ4n) is 1.17. The topological polar surface area (TPSA) is 22.0 Å². The Hall–Kier alpha value is -1.04. The van der Waals surface area contributed by atoms with Crippen molar-refractivity contribution in [1.29, 1.82) is 0 Å². The highest BCUT2D eigenvalue weighted by molar-refractivity contribution is 9.10. The lowest BCUT2D eigenvalue weighted by molar-refractivity contribution is -0.138. The average molecular weight is 310 g/mol. The number of pyridine rings is 1. The van der Waals surface area contributed by atoms with Gasteiger partial charge in [0.1, 0.15) is 0 Å². The van der Waals surface area contributed by atoms with Crippen LogP contribution in [-0.4, -0.2) is 4.57 Å². The van der Waals surface area contributed by atoms with Crippen molar-refractivity contribution in [1.82, 2.24) is 4.57 Å². The Kier molecular flexibility index (Phi) is 4.19. The van der Waals surface area contributed by atoms with E-state index in [4.69, 9.17) is 0 Å². The van der Waals surface area contributed by atoms with Crippen LogP contribution in [0.1, 0.15) is 19.4 Å². The predicted octanol–water partition coefficient (Wildman–Crippen LogP) is 3.60. The van der Waals surface area contributed by atoms with E-state index in [1.807, 2.05) is 13.8 Å². The summed E-state index contributed by atoms with van der Waals surface area (Å²) in [6, 6.07) is 0.793. The smallest absolute Gasteiger partial charge is 0.310 e. The molecule has 0 saturated heterocycles. The van der Waals surface area contributed by atoms with E-state index < -0.39 is 17.3 Å². The van der Waals surface area contributed by atoms with Crippen molar-refractivity contribution in [2.75, 3.05) is 0 Å². The second-order valence-corrected chi connectivity index (χ2v) is 4.67. The van der Waals surface area contributed by atoms with Gasteiger partial charge in [0.05, 0.1) is 10.0 Å². The summed E-state index contributed by atoms with van der Waals surface area (Å²) in [6.45, 7) is 3.76. The highest BCUT2D eigenvalue weighted by Crippen LogP contribution is 2.29. The van der Waals surface area contributed by atoms with Gasteiger partial charge >= 0.3 is 6.18 Å². The fraction of sp³-hybridized carbons (Fsp3) is 0.364. The third-order valence-electron chi connectivity index (χ3n) is 2.07. The molecule has 0 atom stereocenters. The first-order chi connectivity index (χ1) is 7.71. The number of aromatic nitrogens is 1. The van der Waals surface area contributed by atoms with E-state index in [1.165, 1.54) is 0 Å². The minimum absolute atomic E-state index is 0.0884. The molecular weight excluding hydrogens is 299 g/mol. The maximum atomic E-state index is 12.5. The molecular formula is C11H11BrF3NO. The molecule has 17 heavy (non-hydrogen) atoms. The zero-order valence-electron chi connectivity index (χ0n) is 9.31. The van der Waals surface area contributed by atoms with E-state index in [9.17, 15) is 18.0 Å². The Bertz CT molecular complexity index is 498. The van der Waals surface area contributed by atoms with Crippen molar-refractivity contribution in [3.05, 3.63) is 44.3 Å². The largest absolute Gasteiger partial charge is 0.417 e. The van der Waals surface area contributed by atoms with Gasteiger partial charge in [0, 0.05) is 12.7 Å². The number of allylic oxidation sites excluding steroid dienone is 2. The van der Waals surface area contributed by atoms with E-state index in [0.29, 0.717) is 0 Å². The Labute approximate surface area is 105 Å². The Morgan fingerprint density at radius 3 is 2.53 bits per heavy atom. The van der Waals surface area contributed by atoms with Gasteiger partial charge < -0.3 is 4.57 Å². The molecule has 6 heteroatoms. The highest BCUT2D eigenvalue weighted by Gasteiger charge is 2.31. The van der Waals surface area contributed by atoms with E-state index in [1.54, 1.807) is 6.08 Å². The molecule has 0 spiro atoms. The van der Waals surface area contributed by atoms with E-state index in [2.05, 4.69) is 15.9 Å². The molecule has 94 valence electrons. The first-order valence-corrected chi connectivity index (χ1v) is 5.61. The zero-order valence-corrected chi connectivity index (χ0v) is 10.9. The summed E-state index contributed by atoms with van der Waals surface area (Å²) in [4.78, 5) is 11.6. The SMILES string of the molecule is CC(C)=CCn1cc(C(F)(F)F)cc(Br)c1=O. The van der Waals surface area contributed by atoms with Gasteiger partial charge in [-0.15, -0.1) is 0 Å². The Morgan fingerprint density at radius 1 is 1.47 bits per heavy atom. The predicted molar refractivity (Wildman–Crippen MR) is 62.8 cm³/mol. The summed E-state index contributed by atoms with van der Waals surface area (Å²) in [6.07, 6.45) is -1.94. The molecule has 1 aromatic rings. The van der Waals surface area contributed by atoms with Crippen molar-refractivity contribution in [3.8, 4) is 0 Å². The molecule has 2 nitrogen and oxygen atoms in total. The van der Waals surface area contributed by atoms with Crippen LogP contribution < -0.4 is 5.56 Å². The van der Waals surface area contributed by atoms with Crippen molar-refractivity contribution in [2.45, 2.75) is 26.6 Å². The summed E-state index contributed by atoms with van der Waals surface area (Å²) in [7, 11) is 0. The van der Waals surface area contributed by atoms with Gasteiger partial charge in [0.25, 0.3) is 5.56 Å². The first kappa shape index (κ1) is 14.0. The van der Waals surface area contributed by atoms with Crippen LogP contribution in [0, 0.1) is 0 Å². The summed E-state index contributed by atoms with van der Waals surface area (Å²) >= 11 is 2.84. The van der Waals surface area contributed by atoms with Crippen LogP contribution in [0.5, 0.6) is 0 Å². The van der Waals surface area contributed by atoms with Gasteiger partial charge in [-0.05, 0) is 35.8 Å². The number of rotatable bonds is 2. The lowest BCUT2D eigenvalue weighted by Crippen LogP contribution is -2.22. The van der Waals surface area contributed by atoms with Crippen LogP contribution in [0.2, 0.25) is 0 Å². The minimum Gasteiger partial charge on any atom is -0.310 e. The molecule has 0 radical (unpaired) electrons. The Morgan fingerprint density at radius 2 is 2.06 bits per heavy atom. The maximum absolute atomic E-state index is 12.5. The van der Waals surface area contributed by atoms with Crippen molar-refractivity contribution in [2.24, 2.45) is 0 Å². The lowest BCUT2D eigenvalue weighted by atomic mass is 10.2. The van der Waals surface area contributed by atoms with Crippen LogP contribution in [0.3, 0.4) is 0 Å². The van der Waals surface area contributed by atoms with Crippen LogP contribution >= 0.6 is 15.9 Å². The van der Waals surface area contributed by atoms with E-state index >= 15 is 0 Å². The average Bonchev–Trinajstić information content (AvgIpc) is 2.18. The summed E-state index contributed by atoms with van der Waals surface area (Å²) in [5.41, 5.74) is -0.382. The van der Waals surface area contributed by atoms with Crippen molar-refractivity contribution in [3.63, 3.8) is 0 Å². The van der Waals surface area contributed by atoms with Crippen LogP contribution in [0.15, 0.2) is 33.2 Å². The molecule has 0 aliphatic rings. The van der Waals surface area contributed by atoms with Crippen molar-refractivity contribution < 1.29 is 13.2 Å². The van der Waals surface area contributed by atoms with Crippen LogP contribution in [0.25, 0.3) is 0 Å². The third kappa shape index (κ3) is 3.73. The monoisotopic (exact) mass is 309 g/mol. The van der Waals surface area contributed by atoms with Gasteiger partial charge in [0.2, 0.25) is 0 Å². The van der Waals surface area contributed by atoms with Gasteiger partial charge in [-0.1, -0.05) is 11.6 Å². The molecule has 1 aromatic heterocycles. The number of hydrogen-bond donors (Lipinski definition) is 0. The molecule has 0 N–H and O–H groups in total. The molecule has 0 unspecified atom stereocenters. The van der Waals surface area contributed by atoms with Crippen LogP contribution in [0.4, 0.5) is 13.2 Å². The second-order valence-electron chi connectivity index (χ2n) is 3.81. The van der Waals surface area contributed by atoms with E-state index in [0.717, 1.165) is 22.4 Å². The standard InChI is InChI=1S/C11H11BrF3NO/c1-7(2)3-4-16-6-8(11(13,14)15)5-9(12)10(16)17/h3,5-6H,4H2,1-2H3. The molecule has 0 amide bonds. The maximum Gasteiger partial charge on any atom is 0.417 e. The molecule has 0 fully saturated rings. The second kappa shape index (κ2) is 5.08. The molecule has 0 aliphatic carbocycles. The summed E-state index contributed by atoms with van der Waals surface area (Å²) in [5, 5.41) is 0. The van der Waals surface area contributed by atoms with Gasteiger partial charge in [-0.2, -0.15) is 13.2 Å². The first-order valence-electron chi connectivity index (χ1n) is 4.82. The summed E-state index contributed by atoms with van der Waals surface area (Å²) in [5.74, 6) is 0. The van der Waals surface area contributed by atoms with Crippen LogP contribution in [-0.2, 0) is 12.7 Å². The van der Waals surface area contributed by atoms with Gasteiger partial charge in [0.15, 0.2) is 0 Å². The van der Waals surface area contributed by atoms with Gasteiger partial charge in [-0.25, -0.2) is 0 Å². The third-order valence-corrected chi connectivity index (χ3v) is 2.63. The van der Waals surface area contributed by atoms with Gasteiger partial charge in [-0.3, -0.25) is 4.79 Å². The zero-order chi connectivity index (χ0) is 13.2. The highest BCUT2D eigenvalue weighted by atomic mass is 79.9. The molecule has 0 aromatic carbocycles. The number of alkyl halides is 3. The fourth-order valence-corrected chi connectivity index (χ4v) is 1.65. The number of hydrogen-bond acceptors (Lipinski definition) is 1. The number of nitrogens with zero attached hydrogens (tertiary/aromatic N) is 1. The van der Waals surface area contributed by atoms with E-state index in [-0.39, 0.29) is 11.0 Å². The molecule has 0 saturated carbocycles. The molecule has 1 rings (SSSR count). The van der Waals surface area contributed by atoms with Crippen molar-refractivity contribution >= 4 is 15.9 Å². The minimum atomic E-state index is -4.46. The summed E-state index contributed by atoms with van der Waals surface area (Å²) < 4.78 is 38.5. The molecule has 0 bridgehead atoms. The quantitative estimate of drug-likeness (QED) is 0.765. The normalized spacial score (nSPS) is 11.4. The lowest BCUT2D eigenvalue weighted by Gasteiger charge is -2.10. The Balaban J connectivity index is 3.26.